The SMILES string of the molecule is FC(F)=Cc1cccc(C(F)(F)F)c1F. The topological polar surface area (TPSA) is 0 Å². The van der Waals surface area contributed by atoms with Crippen molar-refractivity contribution >= 4 is 6.08 Å². The minimum atomic E-state index is -4.89. The smallest absolute Gasteiger partial charge is 0.206 e. The maximum Gasteiger partial charge on any atom is 0.419 e. The highest BCUT2D eigenvalue weighted by atomic mass is 19.4. The van der Waals surface area contributed by atoms with E-state index in [-0.39, 0.29) is 6.08 Å². The van der Waals surface area contributed by atoms with Gasteiger partial charge < -0.3 is 0 Å². The van der Waals surface area contributed by atoms with Gasteiger partial charge in [-0.15, -0.1) is 0 Å². The zero-order chi connectivity index (χ0) is 11.6. The Morgan fingerprint density at radius 3 is 2.20 bits per heavy atom. The van der Waals surface area contributed by atoms with E-state index in [9.17, 15) is 26.3 Å². The average Bonchev–Trinajstić information content (AvgIpc) is 2.05. The molecule has 1 aromatic carbocycles. The first-order valence-corrected chi connectivity index (χ1v) is 3.71. The first-order chi connectivity index (χ1) is 6.82. The van der Waals surface area contributed by atoms with Gasteiger partial charge in [0.05, 0.1) is 5.56 Å². The molecule has 0 unspecified atom stereocenters. The Balaban J connectivity index is 3.30. The Hall–Kier alpha value is -1.46. The van der Waals surface area contributed by atoms with Gasteiger partial charge in [0.1, 0.15) is 5.82 Å². The Morgan fingerprint density at radius 1 is 1.13 bits per heavy atom. The molecule has 0 nitrogen and oxygen atoms in total. The summed E-state index contributed by atoms with van der Waals surface area (Å²) >= 11 is 0. The van der Waals surface area contributed by atoms with Crippen LogP contribution in [-0.4, -0.2) is 0 Å². The van der Waals surface area contributed by atoms with E-state index in [0.717, 1.165) is 12.1 Å². The lowest BCUT2D eigenvalue weighted by atomic mass is 10.1. The van der Waals surface area contributed by atoms with Crippen LogP contribution in [0.2, 0.25) is 0 Å². The normalized spacial score (nSPS) is 11.3. The van der Waals surface area contributed by atoms with E-state index >= 15 is 0 Å². The first-order valence-electron chi connectivity index (χ1n) is 3.71. The summed E-state index contributed by atoms with van der Waals surface area (Å²) < 4.78 is 72.9. The summed E-state index contributed by atoms with van der Waals surface area (Å²) in [6.07, 6.45) is -7.10. The van der Waals surface area contributed by atoms with Crippen molar-refractivity contribution in [2.24, 2.45) is 0 Å². The fraction of sp³-hybridized carbons (Fsp3) is 0.111. The molecule has 0 spiro atoms. The van der Waals surface area contributed by atoms with Crippen molar-refractivity contribution in [3.8, 4) is 0 Å². The summed E-state index contributed by atoms with van der Waals surface area (Å²) in [5.74, 6) is -1.70. The van der Waals surface area contributed by atoms with Crippen LogP contribution in [0.5, 0.6) is 0 Å². The fourth-order valence-corrected chi connectivity index (χ4v) is 0.998. The highest BCUT2D eigenvalue weighted by molar-refractivity contribution is 5.52. The second-order valence-electron chi connectivity index (χ2n) is 2.64. The average molecular weight is 226 g/mol. The zero-order valence-corrected chi connectivity index (χ0v) is 7.08. The predicted molar refractivity (Wildman–Crippen MR) is 41.6 cm³/mol. The second-order valence-corrected chi connectivity index (χ2v) is 2.64. The molecule has 1 rings (SSSR count). The van der Waals surface area contributed by atoms with Gasteiger partial charge in [-0.3, -0.25) is 0 Å². The monoisotopic (exact) mass is 226 g/mol. The van der Waals surface area contributed by atoms with Crippen LogP contribution in [0.1, 0.15) is 11.1 Å². The van der Waals surface area contributed by atoms with Crippen LogP contribution in [0.3, 0.4) is 0 Å². The molecular weight excluding hydrogens is 222 g/mol. The lowest BCUT2D eigenvalue weighted by Gasteiger charge is -2.08. The van der Waals surface area contributed by atoms with Gasteiger partial charge in [-0.25, -0.2) is 4.39 Å². The molecule has 1 aromatic rings. The predicted octanol–water partition coefficient (Wildman–Crippen LogP) is 4.08. The lowest BCUT2D eigenvalue weighted by molar-refractivity contribution is -0.140. The Bertz CT molecular complexity index is 386. The van der Waals surface area contributed by atoms with Crippen molar-refractivity contribution in [1.29, 1.82) is 0 Å². The first kappa shape index (κ1) is 11.6. The molecule has 82 valence electrons. The Labute approximate surface area is 80.8 Å². The molecule has 0 aliphatic heterocycles. The molecule has 0 aliphatic rings. The van der Waals surface area contributed by atoms with Gasteiger partial charge in [-0.1, -0.05) is 12.1 Å². The van der Waals surface area contributed by atoms with Crippen LogP contribution < -0.4 is 0 Å². The standard InChI is InChI=1S/C9H4F6/c10-7(11)4-5-2-1-3-6(8(5)12)9(13,14)15/h1-4H. The van der Waals surface area contributed by atoms with Gasteiger partial charge in [-0.2, -0.15) is 22.0 Å². The molecule has 0 saturated heterocycles. The van der Waals surface area contributed by atoms with Crippen molar-refractivity contribution in [3.05, 3.63) is 41.2 Å². The highest BCUT2D eigenvalue weighted by Crippen LogP contribution is 2.32. The second kappa shape index (κ2) is 3.96. The molecule has 0 radical (unpaired) electrons. The van der Waals surface area contributed by atoms with Crippen molar-refractivity contribution in [2.75, 3.05) is 0 Å². The number of rotatable bonds is 1. The molecule has 0 heterocycles. The summed E-state index contributed by atoms with van der Waals surface area (Å²) in [6, 6.07) is 2.19. The zero-order valence-electron chi connectivity index (χ0n) is 7.08. The quantitative estimate of drug-likeness (QED) is 0.633. The van der Waals surface area contributed by atoms with Gasteiger partial charge in [0.15, 0.2) is 0 Å². The van der Waals surface area contributed by atoms with Gasteiger partial charge in [0, 0.05) is 11.6 Å². The van der Waals surface area contributed by atoms with Crippen molar-refractivity contribution in [1.82, 2.24) is 0 Å². The van der Waals surface area contributed by atoms with E-state index in [1.165, 1.54) is 0 Å². The van der Waals surface area contributed by atoms with Crippen molar-refractivity contribution in [3.63, 3.8) is 0 Å². The van der Waals surface area contributed by atoms with E-state index in [2.05, 4.69) is 0 Å². The van der Waals surface area contributed by atoms with Crippen LogP contribution in [0, 0.1) is 5.82 Å². The van der Waals surface area contributed by atoms with E-state index in [4.69, 9.17) is 0 Å². The van der Waals surface area contributed by atoms with E-state index in [0.29, 0.717) is 6.07 Å². The number of benzene rings is 1. The summed E-state index contributed by atoms with van der Waals surface area (Å²) in [5, 5.41) is 0. The summed E-state index contributed by atoms with van der Waals surface area (Å²) in [4.78, 5) is 0. The maximum absolute atomic E-state index is 13.0. The minimum absolute atomic E-state index is 0.0462. The van der Waals surface area contributed by atoms with E-state index < -0.39 is 29.2 Å². The fourth-order valence-electron chi connectivity index (χ4n) is 0.998. The molecule has 0 atom stereocenters. The molecule has 0 bridgehead atoms. The third-order valence-corrected chi connectivity index (χ3v) is 1.60. The van der Waals surface area contributed by atoms with Crippen LogP contribution in [0.4, 0.5) is 26.3 Å². The number of hydrogen-bond acceptors (Lipinski definition) is 0. The summed E-state index contributed by atoms with van der Waals surface area (Å²) in [7, 11) is 0. The van der Waals surface area contributed by atoms with Crippen LogP contribution >= 0.6 is 0 Å². The Morgan fingerprint density at radius 2 is 1.73 bits per heavy atom. The van der Waals surface area contributed by atoms with Gasteiger partial charge in [0.2, 0.25) is 0 Å². The van der Waals surface area contributed by atoms with Gasteiger partial charge in [-0.05, 0) is 6.07 Å². The third kappa shape index (κ3) is 2.74. The number of hydrogen-bond donors (Lipinski definition) is 0. The van der Waals surface area contributed by atoms with Crippen LogP contribution in [0.15, 0.2) is 24.3 Å². The Kier molecular flexibility index (Phi) is 3.06. The van der Waals surface area contributed by atoms with Gasteiger partial charge >= 0.3 is 6.18 Å². The number of halogens is 6. The van der Waals surface area contributed by atoms with Crippen LogP contribution in [0.25, 0.3) is 6.08 Å². The molecule has 0 fully saturated rings. The summed E-state index contributed by atoms with van der Waals surface area (Å²) in [6.45, 7) is 0. The minimum Gasteiger partial charge on any atom is -0.206 e. The van der Waals surface area contributed by atoms with Crippen LogP contribution in [-0.2, 0) is 6.18 Å². The molecule has 0 aliphatic carbocycles. The van der Waals surface area contributed by atoms with Crippen molar-refractivity contribution in [2.45, 2.75) is 6.18 Å². The number of alkyl halides is 3. The molecule has 0 aromatic heterocycles. The lowest BCUT2D eigenvalue weighted by Crippen LogP contribution is -2.08. The molecule has 0 amide bonds. The highest BCUT2D eigenvalue weighted by Gasteiger charge is 2.34. The summed E-state index contributed by atoms with van der Waals surface area (Å²) in [5.41, 5.74) is -2.35. The van der Waals surface area contributed by atoms with E-state index in [1.54, 1.807) is 0 Å². The van der Waals surface area contributed by atoms with Gasteiger partial charge in [0.25, 0.3) is 6.08 Å². The molecule has 0 N–H and O–H groups in total. The van der Waals surface area contributed by atoms with Crippen molar-refractivity contribution < 1.29 is 26.3 Å². The third-order valence-electron chi connectivity index (χ3n) is 1.60. The molecule has 6 heteroatoms. The molecule has 15 heavy (non-hydrogen) atoms. The molecular formula is C9H4F6. The molecule has 0 saturated carbocycles. The maximum atomic E-state index is 13.0. The van der Waals surface area contributed by atoms with E-state index in [1.807, 2.05) is 0 Å². The largest absolute Gasteiger partial charge is 0.419 e.